The topological polar surface area (TPSA) is 116 Å². The first-order valence-electron chi connectivity index (χ1n) is 8.24. The fraction of sp³-hybridized carbons (Fsp3) is 0.438. The van der Waals surface area contributed by atoms with Crippen molar-refractivity contribution in [2.75, 3.05) is 19.4 Å². The number of piperidine rings is 1. The number of likely N-dealkylation sites (tertiary alicyclic amines) is 1. The number of benzene rings is 1. The molecule has 1 atom stereocenters. The number of hydrogen-bond acceptors (Lipinski definition) is 7. The molecule has 2 amide bonds. The highest BCUT2D eigenvalue weighted by Crippen LogP contribution is 2.23. The van der Waals surface area contributed by atoms with E-state index in [-0.39, 0.29) is 11.7 Å². The van der Waals surface area contributed by atoms with Crippen LogP contribution in [0.15, 0.2) is 29.4 Å². The summed E-state index contributed by atoms with van der Waals surface area (Å²) in [5, 5.41) is 12.1. The highest BCUT2D eigenvalue weighted by Gasteiger charge is 2.30. The van der Waals surface area contributed by atoms with Crippen molar-refractivity contribution in [1.29, 1.82) is 0 Å². The quantitative estimate of drug-likeness (QED) is 0.735. The number of amides is 2. The Morgan fingerprint density at radius 1 is 1.31 bits per heavy atom. The molecule has 2 heterocycles. The van der Waals surface area contributed by atoms with E-state index >= 15 is 0 Å². The highest BCUT2D eigenvalue weighted by molar-refractivity contribution is 7.99. The number of aromatic nitrogens is 4. The average Bonchev–Trinajstić information content (AvgIpc) is 3.14. The van der Waals surface area contributed by atoms with E-state index < -0.39 is 11.9 Å². The minimum Gasteiger partial charge on any atom is -0.497 e. The van der Waals surface area contributed by atoms with E-state index in [0.29, 0.717) is 18.1 Å². The molecule has 0 saturated carbocycles. The SMILES string of the molecule is COc1ccc(-n2nnnc2SCC(=O)N2CCCC[C@H]2C(N)=O)cc1. The molecule has 0 bridgehead atoms. The molecule has 1 aromatic heterocycles. The summed E-state index contributed by atoms with van der Waals surface area (Å²) in [6.45, 7) is 0.552. The molecule has 26 heavy (non-hydrogen) atoms. The fourth-order valence-corrected chi connectivity index (χ4v) is 3.67. The molecule has 2 aromatic rings. The Kier molecular flexibility index (Phi) is 5.71. The van der Waals surface area contributed by atoms with Crippen LogP contribution >= 0.6 is 11.8 Å². The Morgan fingerprint density at radius 3 is 2.77 bits per heavy atom. The summed E-state index contributed by atoms with van der Waals surface area (Å²) in [7, 11) is 1.60. The number of carbonyl (C=O) groups excluding carboxylic acids is 2. The lowest BCUT2D eigenvalue weighted by Crippen LogP contribution is -2.51. The van der Waals surface area contributed by atoms with E-state index in [1.165, 1.54) is 11.8 Å². The molecule has 3 rings (SSSR count). The number of hydrogen-bond donors (Lipinski definition) is 1. The predicted octanol–water partition coefficient (Wildman–Crippen LogP) is 0.629. The molecule has 2 N–H and O–H groups in total. The van der Waals surface area contributed by atoms with Gasteiger partial charge in [-0.3, -0.25) is 9.59 Å². The molecule has 1 aliphatic heterocycles. The second-order valence-corrected chi connectivity index (χ2v) is 6.80. The number of rotatable bonds is 6. The summed E-state index contributed by atoms with van der Waals surface area (Å²) in [5.74, 6) is 0.281. The standard InChI is InChI=1S/C16H20N6O3S/c1-25-12-7-5-11(6-8-12)22-16(18-19-20-22)26-10-14(23)21-9-3-2-4-13(21)15(17)24/h5-8,13H,2-4,9-10H2,1H3,(H2,17,24)/t13-/m0/s1. The Labute approximate surface area is 154 Å². The normalized spacial score (nSPS) is 17.1. The third-order valence-corrected chi connectivity index (χ3v) is 5.14. The van der Waals surface area contributed by atoms with Crippen LogP contribution in [-0.4, -0.2) is 62.4 Å². The van der Waals surface area contributed by atoms with Crippen molar-refractivity contribution < 1.29 is 14.3 Å². The maximum absolute atomic E-state index is 12.5. The second-order valence-electron chi connectivity index (χ2n) is 5.86. The van der Waals surface area contributed by atoms with Crippen LogP contribution in [0.5, 0.6) is 5.75 Å². The van der Waals surface area contributed by atoms with Crippen molar-refractivity contribution in [3.63, 3.8) is 0 Å². The lowest BCUT2D eigenvalue weighted by atomic mass is 10.0. The summed E-state index contributed by atoms with van der Waals surface area (Å²) in [6.07, 6.45) is 2.40. The molecule has 0 spiro atoms. The van der Waals surface area contributed by atoms with E-state index in [1.807, 2.05) is 24.3 Å². The minimum atomic E-state index is -0.519. The molecule has 1 aromatic carbocycles. The zero-order valence-corrected chi connectivity index (χ0v) is 15.2. The first-order chi connectivity index (χ1) is 12.6. The monoisotopic (exact) mass is 376 g/mol. The zero-order chi connectivity index (χ0) is 18.5. The van der Waals surface area contributed by atoms with Gasteiger partial charge in [-0.15, -0.1) is 5.10 Å². The van der Waals surface area contributed by atoms with Gasteiger partial charge in [0, 0.05) is 6.54 Å². The molecular weight excluding hydrogens is 356 g/mol. The van der Waals surface area contributed by atoms with Crippen LogP contribution < -0.4 is 10.5 Å². The third-order valence-electron chi connectivity index (χ3n) is 4.23. The molecule has 9 nitrogen and oxygen atoms in total. The minimum absolute atomic E-state index is 0.136. The second kappa shape index (κ2) is 8.17. The van der Waals surface area contributed by atoms with Crippen LogP contribution in [0.3, 0.4) is 0 Å². The molecular formula is C16H20N6O3S. The van der Waals surface area contributed by atoms with Gasteiger partial charge in [-0.05, 0) is 54.0 Å². The molecule has 10 heteroatoms. The van der Waals surface area contributed by atoms with Crippen LogP contribution in [0.4, 0.5) is 0 Å². The largest absolute Gasteiger partial charge is 0.497 e. The number of ether oxygens (including phenoxy) is 1. The summed E-state index contributed by atoms with van der Waals surface area (Å²) in [5.41, 5.74) is 6.19. The van der Waals surface area contributed by atoms with Crippen LogP contribution in [0, 0.1) is 0 Å². The number of carbonyl (C=O) groups is 2. The first-order valence-corrected chi connectivity index (χ1v) is 9.23. The van der Waals surface area contributed by atoms with Crippen molar-refractivity contribution in [3.05, 3.63) is 24.3 Å². The van der Waals surface area contributed by atoms with Gasteiger partial charge in [0.1, 0.15) is 11.8 Å². The van der Waals surface area contributed by atoms with Gasteiger partial charge in [-0.1, -0.05) is 11.8 Å². The zero-order valence-electron chi connectivity index (χ0n) is 14.4. The smallest absolute Gasteiger partial charge is 0.240 e. The van der Waals surface area contributed by atoms with Crippen LogP contribution in [0.25, 0.3) is 5.69 Å². The molecule has 1 fully saturated rings. The lowest BCUT2D eigenvalue weighted by molar-refractivity contribution is -0.138. The van der Waals surface area contributed by atoms with Crippen molar-refractivity contribution in [1.82, 2.24) is 25.1 Å². The predicted molar refractivity (Wildman–Crippen MR) is 95.0 cm³/mol. The van der Waals surface area contributed by atoms with Gasteiger partial charge < -0.3 is 15.4 Å². The van der Waals surface area contributed by atoms with E-state index in [1.54, 1.807) is 16.7 Å². The first kappa shape index (κ1) is 18.2. The Hall–Kier alpha value is -2.62. The van der Waals surface area contributed by atoms with Gasteiger partial charge in [0.25, 0.3) is 0 Å². The molecule has 0 radical (unpaired) electrons. The van der Waals surface area contributed by atoms with Gasteiger partial charge in [-0.25, -0.2) is 0 Å². The molecule has 138 valence electrons. The number of nitrogens with zero attached hydrogens (tertiary/aromatic N) is 5. The highest BCUT2D eigenvalue weighted by atomic mass is 32.2. The van der Waals surface area contributed by atoms with Crippen LogP contribution in [-0.2, 0) is 9.59 Å². The van der Waals surface area contributed by atoms with Crippen molar-refractivity contribution in [2.24, 2.45) is 5.73 Å². The molecule has 0 aliphatic carbocycles. The van der Waals surface area contributed by atoms with Crippen LogP contribution in [0.2, 0.25) is 0 Å². The van der Waals surface area contributed by atoms with Crippen molar-refractivity contribution in [3.8, 4) is 11.4 Å². The maximum atomic E-state index is 12.5. The number of nitrogens with two attached hydrogens (primary N) is 1. The summed E-state index contributed by atoms with van der Waals surface area (Å²) >= 11 is 1.23. The van der Waals surface area contributed by atoms with Crippen molar-refractivity contribution >= 4 is 23.6 Å². The number of thioether (sulfide) groups is 1. The van der Waals surface area contributed by atoms with Gasteiger partial charge >= 0.3 is 0 Å². The van der Waals surface area contributed by atoms with E-state index in [9.17, 15) is 9.59 Å². The summed E-state index contributed by atoms with van der Waals surface area (Å²) in [4.78, 5) is 25.7. The van der Waals surface area contributed by atoms with E-state index in [0.717, 1.165) is 24.3 Å². The van der Waals surface area contributed by atoms with Gasteiger partial charge in [0.05, 0.1) is 18.6 Å². The molecule has 1 saturated heterocycles. The number of primary amides is 1. The Bertz CT molecular complexity index is 779. The lowest BCUT2D eigenvalue weighted by Gasteiger charge is -2.33. The molecule has 0 unspecified atom stereocenters. The number of tetrazole rings is 1. The summed E-state index contributed by atoms with van der Waals surface area (Å²) in [6, 6.07) is 6.75. The summed E-state index contributed by atoms with van der Waals surface area (Å²) < 4.78 is 6.69. The maximum Gasteiger partial charge on any atom is 0.240 e. The fourth-order valence-electron chi connectivity index (χ4n) is 2.89. The number of methoxy groups -OCH3 is 1. The van der Waals surface area contributed by atoms with Crippen molar-refractivity contribution in [2.45, 2.75) is 30.5 Å². The average molecular weight is 376 g/mol. The van der Waals surface area contributed by atoms with Gasteiger partial charge in [0.2, 0.25) is 17.0 Å². The van der Waals surface area contributed by atoms with Crippen LogP contribution in [0.1, 0.15) is 19.3 Å². The Balaban J connectivity index is 1.67. The van der Waals surface area contributed by atoms with E-state index in [2.05, 4.69) is 15.5 Å². The third kappa shape index (κ3) is 3.96. The Morgan fingerprint density at radius 2 is 2.08 bits per heavy atom. The molecule has 1 aliphatic rings. The van der Waals surface area contributed by atoms with Gasteiger partial charge in [0.15, 0.2) is 0 Å². The van der Waals surface area contributed by atoms with Gasteiger partial charge in [-0.2, -0.15) is 4.68 Å². The van der Waals surface area contributed by atoms with E-state index in [4.69, 9.17) is 10.5 Å².